The van der Waals surface area contributed by atoms with Gasteiger partial charge in [0.15, 0.2) is 0 Å². The van der Waals surface area contributed by atoms with Gasteiger partial charge in [0.2, 0.25) is 0 Å². The van der Waals surface area contributed by atoms with Crippen LogP contribution in [-0.2, 0) is 19.3 Å². The van der Waals surface area contributed by atoms with E-state index in [2.05, 4.69) is 189 Å². The van der Waals surface area contributed by atoms with Gasteiger partial charge in [-0.05, 0) is 207 Å². The molecule has 0 saturated carbocycles. The van der Waals surface area contributed by atoms with E-state index in [1.165, 1.54) is 78.4 Å². The molecule has 0 saturated heterocycles. The van der Waals surface area contributed by atoms with Crippen LogP contribution in [0.25, 0.3) is 11.1 Å². The number of hydrogen-bond donors (Lipinski definition) is 0. The van der Waals surface area contributed by atoms with Crippen molar-refractivity contribution in [3.63, 3.8) is 0 Å². The maximum absolute atomic E-state index is 4.56. The summed E-state index contributed by atoms with van der Waals surface area (Å²) in [4.78, 5) is 2.95. The summed E-state index contributed by atoms with van der Waals surface area (Å²) in [7, 11) is 0. The Balaban J connectivity index is 1.12. The summed E-state index contributed by atoms with van der Waals surface area (Å²) < 4.78 is 0. The van der Waals surface area contributed by atoms with Crippen LogP contribution in [0.15, 0.2) is 174 Å². The Kier molecular flexibility index (Phi) is 16.2. The highest BCUT2D eigenvalue weighted by atomic mass is 15.2. The van der Waals surface area contributed by atoms with Gasteiger partial charge in [-0.3, -0.25) is 0 Å². The van der Waals surface area contributed by atoms with Crippen molar-refractivity contribution in [2.45, 2.75) is 151 Å². The molecule has 1 heteroatoms. The van der Waals surface area contributed by atoms with Gasteiger partial charge in [0.05, 0.1) is 6.04 Å². The van der Waals surface area contributed by atoms with Crippen LogP contribution in [0.3, 0.4) is 0 Å². The van der Waals surface area contributed by atoms with E-state index in [-0.39, 0.29) is 0 Å². The fourth-order valence-electron chi connectivity index (χ4n) is 14.2. The molecule has 0 aromatic heterocycles. The van der Waals surface area contributed by atoms with E-state index in [0.29, 0.717) is 59.4 Å². The lowest BCUT2D eigenvalue weighted by Crippen LogP contribution is -2.41. The number of nitrogens with zero attached hydrogens (tertiary/aromatic N) is 1. The highest BCUT2D eigenvalue weighted by molar-refractivity contribution is 5.77. The summed E-state index contributed by atoms with van der Waals surface area (Å²) >= 11 is 0. The fourth-order valence-corrected chi connectivity index (χ4v) is 14.2. The summed E-state index contributed by atoms with van der Waals surface area (Å²) in [5.41, 5.74) is 20.8. The van der Waals surface area contributed by atoms with Crippen LogP contribution >= 0.6 is 0 Å². The number of fused-ring (bicyclic) bond motifs is 3. The molecular formula is C67H85N. The largest absolute Gasteiger partial charge is 0.364 e. The quantitative estimate of drug-likeness (QED) is 0.127. The summed E-state index contributed by atoms with van der Waals surface area (Å²) in [6.07, 6.45) is 44.8. The summed E-state index contributed by atoms with van der Waals surface area (Å²) in [5, 5.41) is 0. The SMILES string of the molecule is C=CC[C@@H](/C(C)=C/C1C2=C(CCCC2C)N(C2C=CC(C3Cc4c(ccc5c4CCCC5)C(=C)/C=C\C3C)=CC2)C1CC)C(C(C)C1=C(C)CCC=C1)C(C)C(=C/C)/C=C(\C=C)c1ccccc1. The van der Waals surface area contributed by atoms with Crippen LogP contribution in [0.2, 0.25) is 0 Å². The molecule has 6 aliphatic rings. The van der Waals surface area contributed by atoms with Gasteiger partial charge in [-0.2, -0.15) is 0 Å². The van der Waals surface area contributed by atoms with Gasteiger partial charge < -0.3 is 4.90 Å². The molecule has 1 nitrogen and oxygen atoms in total. The van der Waals surface area contributed by atoms with Crippen LogP contribution in [0.1, 0.15) is 147 Å². The Morgan fingerprint density at radius 1 is 0.912 bits per heavy atom. The zero-order valence-corrected chi connectivity index (χ0v) is 43.5. The third-order valence-corrected chi connectivity index (χ3v) is 17.9. The van der Waals surface area contributed by atoms with E-state index in [9.17, 15) is 0 Å². The average Bonchev–Trinajstić information content (AvgIpc) is 3.68. The van der Waals surface area contributed by atoms with E-state index in [0.717, 1.165) is 38.5 Å². The van der Waals surface area contributed by atoms with Crippen molar-refractivity contribution in [3.8, 4) is 0 Å². The topological polar surface area (TPSA) is 3.24 Å². The molecule has 0 spiro atoms. The zero-order valence-electron chi connectivity index (χ0n) is 43.5. The maximum Gasteiger partial charge on any atom is 0.0511 e. The Labute approximate surface area is 414 Å². The second-order valence-electron chi connectivity index (χ2n) is 21.8. The molecule has 1 heterocycles. The van der Waals surface area contributed by atoms with E-state index < -0.39 is 0 Å². The summed E-state index contributed by atoms with van der Waals surface area (Å²) in [6.45, 7) is 32.9. The fraction of sp³-hybridized carbons (Fsp3) is 0.463. The van der Waals surface area contributed by atoms with Gasteiger partial charge in [-0.1, -0.05) is 174 Å². The highest BCUT2D eigenvalue weighted by Crippen LogP contribution is 2.51. The van der Waals surface area contributed by atoms with Gasteiger partial charge in [-0.25, -0.2) is 0 Å². The zero-order chi connectivity index (χ0) is 48.1. The van der Waals surface area contributed by atoms with Crippen molar-refractivity contribution in [1.82, 2.24) is 4.90 Å². The Bertz CT molecular complexity index is 2480. The van der Waals surface area contributed by atoms with Crippen LogP contribution in [0.4, 0.5) is 0 Å². The predicted octanol–water partition coefficient (Wildman–Crippen LogP) is 17.9. The van der Waals surface area contributed by atoms with E-state index in [4.69, 9.17) is 0 Å². The normalized spacial score (nSPS) is 27.9. The van der Waals surface area contributed by atoms with Crippen molar-refractivity contribution in [2.75, 3.05) is 0 Å². The number of allylic oxidation sites excluding steroid dienone is 17. The molecule has 358 valence electrons. The second kappa shape index (κ2) is 22.3. The molecular weight excluding hydrogens is 819 g/mol. The van der Waals surface area contributed by atoms with Crippen LogP contribution in [0.5, 0.6) is 0 Å². The highest BCUT2D eigenvalue weighted by Gasteiger charge is 2.45. The lowest BCUT2D eigenvalue weighted by Gasteiger charge is -2.40. The first-order chi connectivity index (χ1) is 33.0. The van der Waals surface area contributed by atoms with Crippen molar-refractivity contribution in [3.05, 3.63) is 202 Å². The molecule has 10 atom stereocenters. The predicted molar refractivity (Wildman–Crippen MR) is 296 cm³/mol. The molecule has 2 aromatic rings. The average molecular weight is 904 g/mol. The number of hydrogen-bond acceptors (Lipinski definition) is 1. The van der Waals surface area contributed by atoms with Crippen molar-refractivity contribution in [2.24, 2.45) is 47.3 Å². The Hall–Kier alpha value is -4.88. The van der Waals surface area contributed by atoms with E-state index >= 15 is 0 Å². The van der Waals surface area contributed by atoms with Gasteiger partial charge in [0, 0.05) is 17.7 Å². The summed E-state index contributed by atoms with van der Waals surface area (Å²) in [6, 6.07) is 16.4. The molecule has 0 amide bonds. The molecule has 8 rings (SSSR count). The molecule has 2 aromatic carbocycles. The summed E-state index contributed by atoms with van der Waals surface area (Å²) in [5.74, 6) is 3.35. The van der Waals surface area contributed by atoms with E-state index in [1.807, 2.05) is 6.08 Å². The Morgan fingerprint density at radius 3 is 2.41 bits per heavy atom. The van der Waals surface area contributed by atoms with Crippen LogP contribution < -0.4 is 0 Å². The lowest BCUT2D eigenvalue weighted by molar-refractivity contribution is 0.201. The molecule has 1 aliphatic heterocycles. The molecule has 0 fully saturated rings. The minimum absolute atomic E-state index is 0.310. The number of rotatable bonds is 15. The second-order valence-corrected chi connectivity index (χ2v) is 21.8. The maximum atomic E-state index is 4.56. The third kappa shape index (κ3) is 10.1. The first-order valence-corrected chi connectivity index (χ1v) is 27.1. The van der Waals surface area contributed by atoms with Crippen LogP contribution in [-0.4, -0.2) is 17.0 Å². The van der Waals surface area contributed by atoms with Crippen LogP contribution in [0, 0.1) is 47.3 Å². The first-order valence-electron chi connectivity index (χ1n) is 27.1. The monoisotopic (exact) mass is 904 g/mol. The van der Waals surface area contributed by atoms with Gasteiger partial charge >= 0.3 is 0 Å². The molecule has 68 heavy (non-hydrogen) atoms. The van der Waals surface area contributed by atoms with Crippen molar-refractivity contribution in [1.29, 1.82) is 0 Å². The minimum Gasteiger partial charge on any atom is -0.364 e. The lowest BCUT2D eigenvalue weighted by atomic mass is 9.65. The molecule has 0 radical (unpaired) electrons. The van der Waals surface area contributed by atoms with Gasteiger partial charge in [-0.15, -0.1) is 6.58 Å². The minimum atomic E-state index is 0.310. The molecule has 0 N–H and O–H groups in total. The molecule has 9 unspecified atom stereocenters. The molecule has 0 bridgehead atoms. The Morgan fingerprint density at radius 2 is 1.71 bits per heavy atom. The van der Waals surface area contributed by atoms with Gasteiger partial charge in [0.1, 0.15) is 0 Å². The first kappa shape index (κ1) is 49.5. The molecule has 5 aliphatic carbocycles. The standard InChI is InChI=1S/C67H85N/c1-12-24-59(67(50(11)57-30-21-19-25-44(57)5)49(10)51(13-2)42-52(14-3)53-27-17-16-18-28-53)48(9)41-63-64(15-4)68(65-32-23-26-47(8)66(63)65)56-38-35-55(36-39-56)61-43-62-58(45(6)33-34-46(61)7)40-37-54-29-20-22-31-60(54)62/h12-14,16-18,21,27-28,30,33-38,40-42,46-47,49-50,56,59,61,63-64,67H,1,3,6,15,19-20,22-26,29,31-32,39,43H2,2,4-5,7-11H3/b34-33-,48-41+,51-13+,52-42+/t46?,47?,49?,50?,56?,59-,61?,63?,64?,67?/m0/s1. The smallest absolute Gasteiger partial charge is 0.0511 e. The van der Waals surface area contributed by atoms with Gasteiger partial charge in [0.25, 0.3) is 0 Å². The van der Waals surface area contributed by atoms with E-state index in [1.54, 1.807) is 44.7 Å². The van der Waals surface area contributed by atoms with Crippen molar-refractivity contribution >= 4 is 11.1 Å². The number of aryl methyl sites for hydroxylation is 1. The number of benzene rings is 2. The van der Waals surface area contributed by atoms with Crippen molar-refractivity contribution < 1.29 is 0 Å². The third-order valence-electron chi connectivity index (χ3n) is 17.9.